The van der Waals surface area contributed by atoms with Gasteiger partial charge in [0.25, 0.3) is 0 Å². The van der Waals surface area contributed by atoms with E-state index in [-0.39, 0.29) is 37.0 Å². The minimum absolute atomic E-state index is 0.00946. The van der Waals surface area contributed by atoms with Crippen molar-refractivity contribution in [2.75, 3.05) is 6.61 Å². The van der Waals surface area contributed by atoms with E-state index in [4.69, 9.17) is 16.1 Å². The average Bonchev–Trinajstić information content (AvgIpc) is 3.38. The highest BCUT2D eigenvalue weighted by Gasteiger charge is 2.49. The molecule has 1 aliphatic rings. The smallest absolute Gasteiger partial charge is 0.235 e. The fourth-order valence-corrected chi connectivity index (χ4v) is 3.67. The molecule has 0 aliphatic heterocycles. The third kappa shape index (κ3) is 4.77. The van der Waals surface area contributed by atoms with Gasteiger partial charge in [0.15, 0.2) is 5.82 Å². The molecule has 1 aromatic heterocycles. The fraction of sp³-hybridized carbons (Fsp3) is 0.348. The molecule has 1 atom stereocenters. The zero-order chi connectivity index (χ0) is 21.1. The van der Waals surface area contributed by atoms with Crippen LogP contribution in [0.3, 0.4) is 0 Å². The highest BCUT2D eigenvalue weighted by molar-refractivity contribution is 6.30. The number of ketones is 1. The molecule has 0 unspecified atom stereocenters. The Balaban J connectivity index is 1.53. The van der Waals surface area contributed by atoms with Gasteiger partial charge < -0.3 is 9.63 Å². The summed E-state index contributed by atoms with van der Waals surface area (Å²) in [7, 11) is 0. The normalized spacial score (nSPS) is 15.7. The molecule has 1 saturated carbocycles. The summed E-state index contributed by atoms with van der Waals surface area (Å²) in [5.41, 5.74) is 1.35. The summed E-state index contributed by atoms with van der Waals surface area (Å²) in [5, 5.41) is 14.4. The molecule has 2 aromatic carbocycles. The Labute approximate surface area is 178 Å². The summed E-state index contributed by atoms with van der Waals surface area (Å²) >= 11 is 5.98. The van der Waals surface area contributed by atoms with Crippen LogP contribution >= 0.6 is 11.6 Å². The van der Waals surface area contributed by atoms with Gasteiger partial charge in [0.1, 0.15) is 11.6 Å². The Bertz CT molecular complexity index is 1010. The highest BCUT2D eigenvalue weighted by Crippen LogP contribution is 2.47. The van der Waals surface area contributed by atoms with Gasteiger partial charge in [-0.3, -0.25) is 4.79 Å². The highest BCUT2D eigenvalue weighted by atomic mass is 35.5. The van der Waals surface area contributed by atoms with E-state index in [1.165, 1.54) is 12.1 Å². The maximum Gasteiger partial charge on any atom is 0.235 e. The Kier molecular flexibility index (Phi) is 5.97. The molecule has 1 N–H and O–H groups in total. The fourth-order valence-electron chi connectivity index (χ4n) is 3.54. The van der Waals surface area contributed by atoms with Crippen molar-refractivity contribution in [3.63, 3.8) is 0 Å². The lowest BCUT2D eigenvalue weighted by molar-refractivity contribution is -0.118. The van der Waals surface area contributed by atoms with E-state index in [9.17, 15) is 14.3 Å². The van der Waals surface area contributed by atoms with E-state index in [1.54, 1.807) is 24.3 Å². The number of nitrogens with zero attached hydrogens (tertiary/aromatic N) is 2. The predicted molar refractivity (Wildman–Crippen MR) is 110 cm³/mol. The van der Waals surface area contributed by atoms with Gasteiger partial charge >= 0.3 is 0 Å². The lowest BCUT2D eigenvalue weighted by Crippen LogP contribution is -2.15. The zero-order valence-electron chi connectivity index (χ0n) is 16.4. The topological polar surface area (TPSA) is 76.2 Å². The molecule has 1 heterocycles. The van der Waals surface area contributed by atoms with Crippen molar-refractivity contribution in [1.29, 1.82) is 0 Å². The Morgan fingerprint density at radius 3 is 2.43 bits per heavy atom. The number of aromatic nitrogens is 2. The molecule has 0 radical (unpaired) electrons. The minimum Gasteiger partial charge on any atom is -0.395 e. The Hall–Kier alpha value is -2.57. The van der Waals surface area contributed by atoms with E-state index >= 15 is 0 Å². The summed E-state index contributed by atoms with van der Waals surface area (Å²) in [4.78, 5) is 17.3. The van der Waals surface area contributed by atoms with E-state index in [0.717, 1.165) is 24.0 Å². The van der Waals surface area contributed by atoms with Crippen LogP contribution in [0.15, 0.2) is 53.1 Å². The Morgan fingerprint density at radius 2 is 1.80 bits per heavy atom. The molecule has 0 spiro atoms. The van der Waals surface area contributed by atoms with Crippen LogP contribution in [-0.4, -0.2) is 27.6 Å². The lowest BCUT2D eigenvalue weighted by Gasteiger charge is -2.13. The average molecular weight is 429 g/mol. The van der Waals surface area contributed by atoms with E-state index in [1.807, 2.05) is 12.1 Å². The summed E-state index contributed by atoms with van der Waals surface area (Å²) in [6.07, 6.45) is 2.62. The van der Waals surface area contributed by atoms with Crippen LogP contribution in [0.25, 0.3) is 0 Å². The lowest BCUT2D eigenvalue weighted by atomic mass is 9.91. The van der Waals surface area contributed by atoms with Crippen molar-refractivity contribution in [3.8, 4) is 0 Å². The van der Waals surface area contributed by atoms with Gasteiger partial charge in [-0.25, -0.2) is 4.39 Å². The monoisotopic (exact) mass is 428 g/mol. The van der Waals surface area contributed by atoms with Crippen molar-refractivity contribution >= 4 is 17.4 Å². The Morgan fingerprint density at radius 1 is 1.13 bits per heavy atom. The SMILES string of the molecule is O=C(Cc1ccc(F)cc1)C[C@@H](Cc1ccc(Cl)cc1)c1noc(C2(CO)CC2)n1. The van der Waals surface area contributed by atoms with Crippen LogP contribution < -0.4 is 0 Å². The van der Waals surface area contributed by atoms with Crippen LogP contribution in [-0.2, 0) is 23.1 Å². The first kappa shape index (κ1) is 20.7. The van der Waals surface area contributed by atoms with Crippen molar-refractivity contribution in [2.45, 2.75) is 43.4 Å². The van der Waals surface area contributed by atoms with Crippen molar-refractivity contribution < 1.29 is 18.8 Å². The molecule has 0 amide bonds. The number of halogens is 2. The van der Waals surface area contributed by atoms with Gasteiger partial charge in [-0.05, 0) is 54.7 Å². The van der Waals surface area contributed by atoms with Crippen molar-refractivity contribution in [1.82, 2.24) is 10.1 Å². The van der Waals surface area contributed by atoms with Gasteiger partial charge in [-0.15, -0.1) is 0 Å². The van der Waals surface area contributed by atoms with Gasteiger partial charge in [0, 0.05) is 23.8 Å². The van der Waals surface area contributed by atoms with Gasteiger partial charge in [0.2, 0.25) is 5.89 Å². The van der Waals surface area contributed by atoms with Crippen LogP contribution in [0.5, 0.6) is 0 Å². The number of Topliss-reactive ketones (excluding diaryl/α,β-unsaturated/α-hetero) is 1. The first-order valence-electron chi connectivity index (χ1n) is 9.93. The molecular formula is C23H22ClFN2O3. The number of aliphatic hydroxyl groups is 1. The standard InChI is InChI=1S/C23H22ClFN2O3/c24-18-5-1-15(2-6-18)11-17(13-20(29)12-16-3-7-19(25)8-4-16)21-26-22(30-27-21)23(14-28)9-10-23/h1-8,17,28H,9-14H2/t17-/m1/s1. The predicted octanol–water partition coefficient (Wildman–Crippen LogP) is 4.41. The molecule has 3 aromatic rings. The van der Waals surface area contributed by atoms with E-state index < -0.39 is 5.41 Å². The molecule has 0 bridgehead atoms. The van der Waals surface area contributed by atoms with Crippen LogP contribution in [0, 0.1) is 5.82 Å². The number of hydrogen-bond donors (Lipinski definition) is 1. The zero-order valence-corrected chi connectivity index (χ0v) is 17.1. The second-order valence-electron chi connectivity index (χ2n) is 7.97. The maximum absolute atomic E-state index is 13.1. The third-order valence-electron chi connectivity index (χ3n) is 5.60. The molecule has 4 rings (SSSR count). The number of carbonyl (C=O) groups excluding carboxylic acids is 1. The first-order chi connectivity index (χ1) is 14.5. The molecule has 0 saturated heterocycles. The van der Waals surface area contributed by atoms with E-state index in [2.05, 4.69) is 10.1 Å². The molecule has 7 heteroatoms. The number of aliphatic hydroxyl groups excluding tert-OH is 1. The maximum atomic E-state index is 13.1. The number of rotatable bonds is 9. The van der Waals surface area contributed by atoms with Crippen LogP contribution in [0.4, 0.5) is 4.39 Å². The van der Waals surface area contributed by atoms with Gasteiger partial charge in [0.05, 0.1) is 12.0 Å². The summed E-state index contributed by atoms with van der Waals surface area (Å²) in [6.45, 7) is -0.0278. The summed E-state index contributed by atoms with van der Waals surface area (Å²) in [5.74, 6) is 0.310. The minimum atomic E-state index is -0.422. The molecule has 1 aliphatic carbocycles. The quantitative estimate of drug-likeness (QED) is 0.546. The summed E-state index contributed by atoms with van der Waals surface area (Å²) < 4.78 is 18.6. The number of carbonyl (C=O) groups is 1. The summed E-state index contributed by atoms with van der Waals surface area (Å²) in [6, 6.07) is 13.4. The molecule has 156 valence electrons. The second kappa shape index (κ2) is 8.66. The van der Waals surface area contributed by atoms with Crippen molar-refractivity contribution in [3.05, 3.63) is 82.2 Å². The van der Waals surface area contributed by atoms with E-state index in [0.29, 0.717) is 23.2 Å². The third-order valence-corrected chi connectivity index (χ3v) is 5.85. The van der Waals surface area contributed by atoms with Gasteiger partial charge in [-0.1, -0.05) is 41.0 Å². The van der Waals surface area contributed by atoms with Crippen molar-refractivity contribution in [2.24, 2.45) is 0 Å². The van der Waals surface area contributed by atoms with Crippen LogP contribution in [0.1, 0.15) is 48.0 Å². The largest absolute Gasteiger partial charge is 0.395 e. The van der Waals surface area contributed by atoms with Gasteiger partial charge in [-0.2, -0.15) is 4.98 Å². The number of hydrogen-bond acceptors (Lipinski definition) is 5. The second-order valence-corrected chi connectivity index (χ2v) is 8.41. The molecule has 30 heavy (non-hydrogen) atoms. The molecular weight excluding hydrogens is 407 g/mol. The first-order valence-corrected chi connectivity index (χ1v) is 10.3. The molecule has 1 fully saturated rings. The van der Waals surface area contributed by atoms with Crippen LogP contribution in [0.2, 0.25) is 5.02 Å². The molecule has 5 nitrogen and oxygen atoms in total. The number of benzene rings is 2.